The Labute approximate surface area is 98.5 Å². The van der Waals surface area contributed by atoms with Crippen molar-refractivity contribution in [3.63, 3.8) is 0 Å². The lowest BCUT2D eigenvalue weighted by Crippen LogP contribution is -2.21. The second-order valence-electron chi connectivity index (χ2n) is 2.99. The minimum absolute atomic E-state index is 0.0535. The Hall–Kier alpha value is -1.24. The largest absolute Gasteiger partial charge is 0.376 e. The van der Waals surface area contributed by atoms with Crippen molar-refractivity contribution in [2.75, 3.05) is 19.5 Å². The van der Waals surface area contributed by atoms with Crippen molar-refractivity contribution in [1.29, 1.82) is 0 Å². The summed E-state index contributed by atoms with van der Waals surface area (Å²) >= 11 is 4.70. The maximum absolute atomic E-state index is 13.6. The van der Waals surface area contributed by atoms with E-state index in [4.69, 9.17) is 27.4 Å². The van der Waals surface area contributed by atoms with Gasteiger partial charge in [-0.15, -0.1) is 0 Å². The molecule has 1 rings (SSSR count). The van der Waals surface area contributed by atoms with Crippen molar-refractivity contribution in [2.45, 2.75) is 6.29 Å². The van der Waals surface area contributed by atoms with Crippen LogP contribution in [0.5, 0.6) is 0 Å². The zero-order valence-corrected chi connectivity index (χ0v) is 9.81. The van der Waals surface area contributed by atoms with Gasteiger partial charge in [0.05, 0.1) is 11.3 Å². The number of hydrogen-bond donors (Lipinski definition) is 2. The van der Waals surface area contributed by atoms with E-state index < -0.39 is 12.1 Å². The molecule has 0 saturated carbocycles. The molecule has 4 nitrogen and oxygen atoms in total. The van der Waals surface area contributed by atoms with Crippen LogP contribution in [0.25, 0.3) is 0 Å². The minimum atomic E-state index is -0.807. The molecule has 16 heavy (non-hydrogen) atoms. The molecule has 0 heterocycles. The Balaban J connectivity index is 3.16. The van der Waals surface area contributed by atoms with Crippen molar-refractivity contribution in [1.82, 2.24) is 0 Å². The van der Waals surface area contributed by atoms with Crippen LogP contribution in [0.2, 0.25) is 0 Å². The highest BCUT2D eigenvalue weighted by molar-refractivity contribution is 7.80. The van der Waals surface area contributed by atoms with E-state index in [1.54, 1.807) is 12.1 Å². The van der Waals surface area contributed by atoms with E-state index in [-0.39, 0.29) is 10.7 Å². The van der Waals surface area contributed by atoms with E-state index in [1.807, 2.05) is 0 Å². The third-order valence-electron chi connectivity index (χ3n) is 1.97. The number of hydrogen-bond acceptors (Lipinski definition) is 3. The number of methoxy groups -OCH3 is 2. The molecule has 88 valence electrons. The van der Waals surface area contributed by atoms with Gasteiger partial charge in [0.25, 0.3) is 0 Å². The van der Waals surface area contributed by atoms with Gasteiger partial charge in [0.15, 0.2) is 11.4 Å². The monoisotopic (exact) mass is 244 g/mol. The average molecular weight is 244 g/mol. The molecular formula is C10H13FN2O2S. The van der Waals surface area contributed by atoms with Crippen molar-refractivity contribution >= 4 is 23.0 Å². The molecule has 0 aliphatic heterocycles. The lowest BCUT2D eigenvalue weighted by atomic mass is 10.1. The van der Waals surface area contributed by atoms with Gasteiger partial charge in [-0.1, -0.05) is 6.07 Å². The third-order valence-corrected chi connectivity index (χ3v) is 2.08. The Bertz CT molecular complexity index is 383. The number of ether oxygens (including phenoxy) is 2. The van der Waals surface area contributed by atoms with Gasteiger partial charge in [-0.25, -0.2) is 4.39 Å². The van der Waals surface area contributed by atoms with E-state index in [9.17, 15) is 4.39 Å². The molecule has 0 aromatic heterocycles. The molecule has 0 unspecified atom stereocenters. The lowest BCUT2D eigenvalue weighted by Gasteiger charge is -2.18. The smallest absolute Gasteiger partial charge is 0.187 e. The fourth-order valence-corrected chi connectivity index (χ4v) is 1.46. The first-order chi connectivity index (χ1) is 7.60. The first-order valence-corrected chi connectivity index (χ1v) is 4.91. The zero-order chi connectivity index (χ0) is 12.1. The summed E-state index contributed by atoms with van der Waals surface area (Å²) in [7, 11) is 2.84. The molecule has 0 aliphatic carbocycles. The van der Waals surface area contributed by atoms with Gasteiger partial charge in [-0.3, -0.25) is 0 Å². The summed E-state index contributed by atoms with van der Waals surface area (Å²) in [5, 5.41) is 2.73. The summed E-state index contributed by atoms with van der Waals surface area (Å²) in [6.07, 6.45) is -0.807. The molecule has 3 N–H and O–H groups in total. The van der Waals surface area contributed by atoms with Crippen LogP contribution in [0.4, 0.5) is 10.1 Å². The minimum Gasteiger partial charge on any atom is -0.376 e. The molecule has 0 atom stereocenters. The Kier molecular flexibility index (Phi) is 4.60. The molecule has 0 radical (unpaired) electrons. The van der Waals surface area contributed by atoms with Crippen molar-refractivity contribution in [3.05, 3.63) is 29.6 Å². The standard InChI is InChI=1S/C10H13FN2O2S/c1-14-9(15-2)8-6(11)4-3-5-7(8)13-10(12)16/h3-5,9H,1-2H3,(H3,12,13,16). The quantitative estimate of drug-likeness (QED) is 0.624. The Morgan fingerprint density at radius 2 is 2.06 bits per heavy atom. The highest BCUT2D eigenvalue weighted by Gasteiger charge is 2.19. The maximum Gasteiger partial charge on any atom is 0.187 e. The molecule has 0 saturated heterocycles. The van der Waals surface area contributed by atoms with Gasteiger partial charge < -0.3 is 20.5 Å². The van der Waals surface area contributed by atoms with Gasteiger partial charge in [-0.05, 0) is 24.4 Å². The molecule has 0 aliphatic rings. The molecular weight excluding hydrogens is 231 g/mol. The molecule has 0 bridgehead atoms. The lowest BCUT2D eigenvalue weighted by molar-refractivity contribution is -0.107. The summed E-state index contributed by atoms with van der Waals surface area (Å²) < 4.78 is 23.6. The van der Waals surface area contributed by atoms with Crippen LogP contribution in [0.15, 0.2) is 18.2 Å². The number of halogens is 1. The van der Waals surface area contributed by atoms with Crippen molar-refractivity contribution in [3.8, 4) is 0 Å². The topological polar surface area (TPSA) is 56.5 Å². The number of benzene rings is 1. The average Bonchev–Trinajstić information content (AvgIpc) is 2.22. The molecule has 0 spiro atoms. The van der Waals surface area contributed by atoms with Gasteiger partial charge in [0.2, 0.25) is 0 Å². The molecule has 1 aromatic carbocycles. The van der Waals surface area contributed by atoms with Crippen LogP contribution in [0.3, 0.4) is 0 Å². The van der Waals surface area contributed by atoms with Crippen LogP contribution in [-0.2, 0) is 9.47 Å². The summed E-state index contributed by atoms with van der Waals surface area (Å²) in [5.41, 5.74) is 6.01. The summed E-state index contributed by atoms with van der Waals surface area (Å²) in [6.45, 7) is 0. The van der Waals surface area contributed by atoms with E-state index in [2.05, 4.69) is 5.32 Å². The van der Waals surface area contributed by atoms with Crippen LogP contribution in [0, 0.1) is 5.82 Å². The SMILES string of the molecule is COC(OC)c1c(F)cccc1NC(N)=S. The highest BCUT2D eigenvalue weighted by Crippen LogP contribution is 2.28. The number of anilines is 1. The van der Waals surface area contributed by atoms with E-state index in [0.29, 0.717) is 5.69 Å². The predicted octanol–water partition coefficient (Wildman–Crippen LogP) is 1.77. The highest BCUT2D eigenvalue weighted by atomic mass is 32.1. The fraction of sp³-hybridized carbons (Fsp3) is 0.300. The fourth-order valence-electron chi connectivity index (χ4n) is 1.35. The third kappa shape index (κ3) is 2.88. The number of rotatable bonds is 4. The first-order valence-electron chi connectivity index (χ1n) is 4.50. The van der Waals surface area contributed by atoms with Crippen LogP contribution >= 0.6 is 12.2 Å². The molecule has 0 fully saturated rings. The van der Waals surface area contributed by atoms with E-state index in [0.717, 1.165) is 0 Å². The second kappa shape index (κ2) is 5.74. The van der Waals surface area contributed by atoms with Crippen LogP contribution in [-0.4, -0.2) is 19.3 Å². The van der Waals surface area contributed by atoms with Gasteiger partial charge >= 0.3 is 0 Å². The summed E-state index contributed by atoms with van der Waals surface area (Å²) in [5.74, 6) is -0.449. The summed E-state index contributed by atoms with van der Waals surface area (Å²) in [6, 6.07) is 4.50. The summed E-state index contributed by atoms with van der Waals surface area (Å²) in [4.78, 5) is 0. The first kappa shape index (κ1) is 12.8. The van der Waals surface area contributed by atoms with Crippen molar-refractivity contribution < 1.29 is 13.9 Å². The van der Waals surface area contributed by atoms with Crippen molar-refractivity contribution in [2.24, 2.45) is 5.73 Å². The Morgan fingerprint density at radius 1 is 1.44 bits per heavy atom. The number of nitrogens with one attached hydrogen (secondary N) is 1. The number of nitrogens with two attached hydrogens (primary N) is 1. The van der Waals surface area contributed by atoms with E-state index >= 15 is 0 Å². The van der Waals surface area contributed by atoms with Gasteiger partial charge in [0.1, 0.15) is 5.82 Å². The second-order valence-corrected chi connectivity index (χ2v) is 3.43. The maximum atomic E-state index is 13.6. The normalized spacial score (nSPS) is 10.5. The van der Waals surface area contributed by atoms with Crippen LogP contribution < -0.4 is 11.1 Å². The zero-order valence-electron chi connectivity index (χ0n) is 8.99. The van der Waals surface area contributed by atoms with Crippen LogP contribution in [0.1, 0.15) is 11.9 Å². The van der Waals surface area contributed by atoms with E-state index in [1.165, 1.54) is 20.3 Å². The van der Waals surface area contributed by atoms with Gasteiger partial charge in [-0.2, -0.15) is 0 Å². The Morgan fingerprint density at radius 3 is 2.56 bits per heavy atom. The number of thiocarbonyl (C=S) groups is 1. The predicted molar refractivity (Wildman–Crippen MR) is 63.6 cm³/mol. The molecule has 1 aromatic rings. The molecule has 6 heteroatoms. The van der Waals surface area contributed by atoms with Gasteiger partial charge in [0, 0.05) is 14.2 Å². The molecule has 0 amide bonds.